The number of phenolic OH excluding ortho intramolecular Hbond substituents is 1. The van der Waals surface area contributed by atoms with E-state index in [0.717, 1.165) is 29.7 Å². The van der Waals surface area contributed by atoms with E-state index in [1.807, 2.05) is 26.0 Å². The van der Waals surface area contributed by atoms with Crippen LogP contribution in [0.3, 0.4) is 0 Å². The molecule has 0 saturated carbocycles. The number of aromatic nitrogens is 2. The number of benzene rings is 1. The lowest BCUT2D eigenvalue weighted by Crippen LogP contribution is -2.21. The average molecular weight is 273 g/mol. The molecule has 1 aliphatic heterocycles. The van der Waals surface area contributed by atoms with Crippen LogP contribution in [-0.2, 0) is 0 Å². The number of hydrogen-bond donors (Lipinski definition) is 2. The third kappa shape index (κ3) is 2.18. The number of hydrogen-bond acceptors (Lipinski definition) is 5. The molecule has 0 amide bonds. The van der Waals surface area contributed by atoms with Crippen LogP contribution in [0.5, 0.6) is 5.75 Å². The molecule has 1 fully saturated rings. The van der Waals surface area contributed by atoms with Gasteiger partial charge in [0.25, 0.3) is 0 Å². The van der Waals surface area contributed by atoms with Crippen LogP contribution < -0.4 is 5.32 Å². The normalized spacial score (nSPS) is 22.4. The highest BCUT2D eigenvalue weighted by Gasteiger charge is 2.29. The summed E-state index contributed by atoms with van der Waals surface area (Å²) in [5.41, 5.74) is 2.52. The summed E-state index contributed by atoms with van der Waals surface area (Å²) in [6.07, 6.45) is 1.02. The second-order valence-electron chi connectivity index (χ2n) is 5.55. The van der Waals surface area contributed by atoms with Crippen molar-refractivity contribution >= 4 is 0 Å². The summed E-state index contributed by atoms with van der Waals surface area (Å²) >= 11 is 0. The molecule has 2 aromatic rings. The van der Waals surface area contributed by atoms with E-state index < -0.39 is 0 Å². The first-order chi connectivity index (χ1) is 9.56. The van der Waals surface area contributed by atoms with E-state index in [2.05, 4.69) is 22.4 Å². The highest BCUT2D eigenvalue weighted by atomic mass is 16.5. The maximum absolute atomic E-state index is 9.82. The molecule has 5 heteroatoms. The topological polar surface area (TPSA) is 71.2 Å². The van der Waals surface area contributed by atoms with Gasteiger partial charge in [0.2, 0.25) is 11.7 Å². The number of nitrogens with zero attached hydrogens (tertiary/aromatic N) is 2. The first kappa shape index (κ1) is 13.1. The van der Waals surface area contributed by atoms with Gasteiger partial charge in [-0.2, -0.15) is 4.98 Å². The van der Waals surface area contributed by atoms with Crippen molar-refractivity contribution in [2.45, 2.75) is 39.2 Å². The highest BCUT2D eigenvalue weighted by molar-refractivity contribution is 5.60. The van der Waals surface area contributed by atoms with Crippen molar-refractivity contribution in [3.63, 3.8) is 0 Å². The number of aromatic hydroxyl groups is 1. The first-order valence-corrected chi connectivity index (χ1v) is 6.94. The number of phenols is 1. The molecule has 20 heavy (non-hydrogen) atoms. The van der Waals surface area contributed by atoms with Gasteiger partial charge >= 0.3 is 0 Å². The third-order valence-corrected chi connectivity index (χ3v) is 4.03. The Labute approximate surface area is 118 Å². The summed E-state index contributed by atoms with van der Waals surface area (Å²) in [5.74, 6) is 1.90. The summed E-state index contributed by atoms with van der Waals surface area (Å²) in [4.78, 5) is 4.53. The minimum Gasteiger partial charge on any atom is -0.507 e. The lowest BCUT2D eigenvalue weighted by molar-refractivity contribution is 0.345. The summed E-state index contributed by atoms with van der Waals surface area (Å²) in [6, 6.07) is 4.13. The second kappa shape index (κ2) is 4.90. The molecule has 1 saturated heterocycles. The molecule has 2 unspecified atom stereocenters. The van der Waals surface area contributed by atoms with Crippen molar-refractivity contribution in [2.75, 3.05) is 6.54 Å². The zero-order valence-electron chi connectivity index (χ0n) is 12.0. The van der Waals surface area contributed by atoms with Crippen LogP contribution in [0.2, 0.25) is 0 Å². The minimum atomic E-state index is 0.288. The van der Waals surface area contributed by atoms with E-state index in [0.29, 0.717) is 23.5 Å². The second-order valence-corrected chi connectivity index (χ2v) is 5.55. The molecule has 106 valence electrons. The molecule has 0 aliphatic carbocycles. The van der Waals surface area contributed by atoms with Crippen molar-refractivity contribution < 1.29 is 9.63 Å². The third-order valence-electron chi connectivity index (χ3n) is 4.03. The number of nitrogens with one attached hydrogen (secondary N) is 1. The molecule has 5 nitrogen and oxygen atoms in total. The smallest absolute Gasteiger partial charge is 0.231 e. The molecule has 1 aromatic carbocycles. The van der Waals surface area contributed by atoms with E-state index in [1.165, 1.54) is 0 Å². The monoisotopic (exact) mass is 273 g/mol. The van der Waals surface area contributed by atoms with E-state index in [4.69, 9.17) is 4.52 Å². The van der Waals surface area contributed by atoms with Gasteiger partial charge in [0.15, 0.2) is 0 Å². The van der Waals surface area contributed by atoms with Crippen molar-refractivity contribution in [1.82, 2.24) is 15.5 Å². The Morgan fingerprint density at radius 3 is 2.60 bits per heavy atom. The Balaban J connectivity index is 1.94. The Morgan fingerprint density at radius 1 is 1.30 bits per heavy atom. The van der Waals surface area contributed by atoms with E-state index in [1.54, 1.807) is 0 Å². The molecular formula is C15H19N3O2. The van der Waals surface area contributed by atoms with Gasteiger partial charge in [0.1, 0.15) is 5.75 Å². The van der Waals surface area contributed by atoms with Crippen molar-refractivity contribution in [3.8, 4) is 17.1 Å². The molecule has 2 atom stereocenters. The fraction of sp³-hybridized carbons (Fsp3) is 0.467. The standard InChI is InChI=1S/C15H19N3O2/c1-8-6-11(7-9(2)13(8)19)14-17-15(20-18-14)12-4-5-16-10(12)3/h6-7,10,12,16,19H,4-5H2,1-3H3. The van der Waals surface area contributed by atoms with Crippen LogP contribution in [-0.4, -0.2) is 27.8 Å². The minimum absolute atomic E-state index is 0.288. The number of aryl methyl sites for hydroxylation is 2. The van der Waals surface area contributed by atoms with Gasteiger partial charge in [-0.25, -0.2) is 0 Å². The molecule has 2 N–H and O–H groups in total. The summed E-state index contributed by atoms with van der Waals surface area (Å²) in [6.45, 7) is 6.86. The Hall–Kier alpha value is -1.88. The van der Waals surface area contributed by atoms with E-state index >= 15 is 0 Å². The van der Waals surface area contributed by atoms with Crippen molar-refractivity contribution in [3.05, 3.63) is 29.2 Å². The summed E-state index contributed by atoms with van der Waals surface area (Å²) in [7, 11) is 0. The largest absolute Gasteiger partial charge is 0.507 e. The Morgan fingerprint density at radius 2 is 2.00 bits per heavy atom. The fourth-order valence-electron chi connectivity index (χ4n) is 2.78. The average Bonchev–Trinajstić information content (AvgIpc) is 3.03. The SMILES string of the molecule is Cc1cc(-c2noc(C3CCNC3C)n2)cc(C)c1O. The van der Waals surface area contributed by atoms with E-state index in [-0.39, 0.29) is 5.92 Å². The van der Waals surface area contributed by atoms with Crippen LogP contribution >= 0.6 is 0 Å². The predicted molar refractivity (Wildman–Crippen MR) is 75.7 cm³/mol. The number of rotatable bonds is 2. The van der Waals surface area contributed by atoms with Gasteiger partial charge in [0, 0.05) is 11.6 Å². The molecule has 0 spiro atoms. The maximum atomic E-state index is 9.82. The molecule has 3 rings (SSSR count). The quantitative estimate of drug-likeness (QED) is 0.879. The molecule has 0 radical (unpaired) electrons. The van der Waals surface area contributed by atoms with Gasteiger partial charge in [-0.1, -0.05) is 5.16 Å². The highest BCUT2D eigenvalue weighted by Crippen LogP contribution is 2.30. The van der Waals surface area contributed by atoms with Gasteiger partial charge < -0.3 is 14.9 Å². The van der Waals surface area contributed by atoms with Crippen molar-refractivity contribution in [2.24, 2.45) is 0 Å². The van der Waals surface area contributed by atoms with Gasteiger partial charge in [-0.3, -0.25) is 0 Å². The van der Waals surface area contributed by atoms with Gasteiger partial charge in [-0.05, 0) is 57.0 Å². The summed E-state index contributed by atoms with van der Waals surface area (Å²) < 4.78 is 5.42. The Kier molecular flexibility index (Phi) is 3.22. The van der Waals surface area contributed by atoms with Crippen LogP contribution in [0, 0.1) is 13.8 Å². The van der Waals surface area contributed by atoms with Gasteiger partial charge in [0.05, 0.1) is 5.92 Å². The molecule has 1 aromatic heterocycles. The zero-order chi connectivity index (χ0) is 14.3. The molecule has 0 bridgehead atoms. The fourth-order valence-corrected chi connectivity index (χ4v) is 2.78. The van der Waals surface area contributed by atoms with Crippen molar-refractivity contribution in [1.29, 1.82) is 0 Å². The van der Waals surface area contributed by atoms with Crippen LogP contribution in [0.25, 0.3) is 11.4 Å². The summed E-state index contributed by atoms with van der Waals surface area (Å²) in [5, 5.41) is 17.3. The Bertz CT molecular complexity index is 613. The molecular weight excluding hydrogens is 254 g/mol. The van der Waals surface area contributed by atoms with Crippen LogP contribution in [0.4, 0.5) is 0 Å². The molecule has 2 heterocycles. The lowest BCUT2D eigenvalue weighted by atomic mass is 10.0. The van der Waals surface area contributed by atoms with E-state index in [9.17, 15) is 5.11 Å². The van der Waals surface area contributed by atoms with Crippen LogP contribution in [0.15, 0.2) is 16.7 Å². The first-order valence-electron chi connectivity index (χ1n) is 6.94. The molecule has 1 aliphatic rings. The lowest BCUT2D eigenvalue weighted by Gasteiger charge is -2.08. The van der Waals surface area contributed by atoms with Crippen LogP contribution in [0.1, 0.15) is 36.3 Å². The predicted octanol–water partition coefficient (Wildman–Crippen LogP) is 2.52. The zero-order valence-corrected chi connectivity index (χ0v) is 12.0. The maximum Gasteiger partial charge on any atom is 0.231 e. The van der Waals surface area contributed by atoms with Gasteiger partial charge in [-0.15, -0.1) is 0 Å².